The van der Waals surface area contributed by atoms with Gasteiger partial charge in [0.1, 0.15) is 18.0 Å². The van der Waals surface area contributed by atoms with Gasteiger partial charge in [-0.15, -0.1) is 0 Å². The van der Waals surface area contributed by atoms with Crippen molar-refractivity contribution in [2.75, 3.05) is 30.7 Å². The number of halogens is 4. The molecule has 0 bridgehead atoms. The lowest BCUT2D eigenvalue weighted by atomic mass is 9.84. The Morgan fingerprint density at radius 1 is 0.839 bits per heavy atom. The zero-order valence-electron chi connectivity index (χ0n) is 18.7. The molecule has 0 saturated carbocycles. The minimum absolute atomic E-state index is 0.334. The second kappa shape index (κ2) is 13.3. The molecule has 3 nitrogen and oxygen atoms in total. The lowest BCUT2D eigenvalue weighted by Crippen LogP contribution is -2.28. The van der Waals surface area contributed by atoms with E-state index in [0.29, 0.717) is 29.9 Å². The molecule has 2 rings (SSSR count). The standard InChI is InChI=1S/C22H28F3NO2.C2H5I/c1-4-21(27,17-7-9-19(10-8-17)22(23,24)25)18-11-13-20(14-12-18)28-16-15-26(5-2)6-3;1-2-3/h7-14,27H,4-6,15-16H2,1-3H3;2H2,1H3. The van der Waals surface area contributed by atoms with Gasteiger partial charge in [0.2, 0.25) is 0 Å². The van der Waals surface area contributed by atoms with Gasteiger partial charge in [0.15, 0.2) is 0 Å². The highest BCUT2D eigenvalue weighted by Gasteiger charge is 2.33. The van der Waals surface area contributed by atoms with Gasteiger partial charge >= 0.3 is 6.18 Å². The molecule has 2 aromatic rings. The van der Waals surface area contributed by atoms with E-state index < -0.39 is 17.3 Å². The Balaban J connectivity index is 0.00000151. The molecular weight excluding hydrogens is 518 g/mol. The maximum atomic E-state index is 12.8. The van der Waals surface area contributed by atoms with Gasteiger partial charge in [-0.2, -0.15) is 13.2 Å². The average Bonchev–Trinajstić information content (AvgIpc) is 2.76. The highest BCUT2D eigenvalue weighted by atomic mass is 127. The average molecular weight is 551 g/mol. The van der Waals surface area contributed by atoms with E-state index in [-0.39, 0.29) is 0 Å². The van der Waals surface area contributed by atoms with Crippen LogP contribution in [0.5, 0.6) is 5.75 Å². The quantitative estimate of drug-likeness (QED) is 0.285. The van der Waals surface area contributed by atoms with Crippen LogP contribution in [0.15, 0.2) is 48.5 Å². The fourth-order valence-electron chi connectivity index (χ4n) is 3.17. The van der Waals surface area contributed by atoms with Crippen molar-refractivity contribution in [3.63, 3.8) is 0 Å². The summed E-state index contributed by atoms with van der Waals surface area (Å²) >= 11 is 2.29. The minimum Gasteiger partial charge on any atom is -0.492 e. The number of hydrogen-bond donors (Lipinski definition) is 1. The molecule has 0 aliphatic heterocycles. The highest BCUT2D eigenvalue weighted by molar-refractivity contribution is 14.1. The van der Waals surface area contributed by atoms with Crippen molar-refractivity contribution in [1.29, 1.82) is 0 Å². The summed E-state index contributed by atoms with van der Waals surface area (Å²) < 4.78 is 45.3. The topological polar surface area (TPSA) is 32.7 Å². The van der Waals surface area contributed by atoms with Crippen LogP contribution in [0.4, 0.5) is 13.2 Å². The first-order valence-corrected chi connectivity index (χ1v) is 12.1. The first kappa shape index (κ1) is 27.7. The molecule has 0 amide bonds. The SMILES string of the molecule is CCI.CCN(CC)CCOc1ccc(C(O)(CC)c2ccc(C(F)(F)F)cc2)cc1. The van der Waals surface area contributed by atoms with E-state index in [9.17, 15) is 18.3 Å². The number of ether oxygens (including phenoxy) is 1. The molecule has 1 N–H and O–H groups in total. The molecule has 7 heteroatoms. The van der Waals surface area contributed by atoms with Gasteiger partial charge < -0.3 is 14.7 Å². The monoisotopic (exact) mass is 551 g/mol. The summed E-state index contributed by atoms with van der Waals surface area (Å²) in [7, 11) is 0. The van der Waals surface area contributed by atoms with Gasteiger partial charge in [0.05, 0.1) is 5.56 Å². The summed E-state index contributed by atoms with van der Waals surface area (Å²) in [5.74, 6) is 0.696. The van der Waals surface area contributed by atoms with Crippen molar-refractivity contribution in [2.45, 2.75) is 45.9 Å². The summed E-state index contributed by atoms with van der Waals surface area (Å²) in [6.45, 7) is 11.4. The zero-order chi connectivity index (χ0) is 23.5. The lowest BCUT2D eigenvalue weighted by Gasteiger charge is -2.28. The number of aliphatic hydroxyl groups is 1. The number of likely N-dealkylation sites (N-methyl/N-ethyl adjacent to an activating group) is 1. The van der Waals surface area contributed by atoms with Gasteiger partial charge in [0, 0.05) is 6.54 Å². The third-order valence-corrected chi connectivity index (χ3v) is 5.10. The van der Waals surface area contributed by atoms with E-state index in [1.165, 1.54) is 16.6 Å². The Morgan fingerprint density at radius 3 is 1.65 bits per heavy atom. The Bertz CT molecular complexity index is 747. The van der Waals surface area contributed by atoms with Gasteiger partial charge in [0.25, 0.3) is 0 Å². The predicted octanol–water partition coefficient (Wildman–Crippen LogP) is 6.51. The number of hydrogen-bond acceptors (Lipinski definition) is 3. The van der Waals surface area contributed by atoms with Crippen molar-refractivity contribution >= 4 is 22.6 Å². The molecule has 174 valence electrons. The lowest BCUT2D eigenvalue weighted by molar-refractivity contribution is -0.137. The Labute approximate surface area is 197 Å². The van der Waals surface area contributed by atoms with Gasteiger partial charge in [-0.1, -0.05) is 74.6 Å². The van der Waals surface area contributed by atoms with Crippen molar-refractivity contribution in [2.24, 2.45) is 0 Å². The zero-order valence-corrected chi connectivity index (χ0v) is 20.8. The predicted molar refractivity (Wildman–Crippen MR) is 129 cm³/mol. The van der Waals surface area contributed by atoms with E-state index in [2.05, 4.69) is 48.3 Å². The fourth-order valence-corrected chi connectivity index (χ4v) is 3.17. The van der Waals surface area contributed by atoms with Gasteiger partial charge in [-0.25, -0.2) is 0 Å². The van der Waals surface area contributed by atoms with Crippen molar-refractivity contribution in [3.05, 3.63) is 65.2 Å². The molecule has 1 unspecified atom stereocenters. The summed E-state index contributed by atoms with van der Waals surface area (Å²) in [6.07, 6.45) is -4.06. The molecule has 0 spiro atoms. The number of alkyl halides is 4. The van der Waals surface area contributed by atoms with Crippen molar-refractivity contribution < 1.29 is 23.0 Å². The molecule has 1 atom stereocenters. The first-order chi connectivity index (χ1) is 14.7. The third-order valence-electron chi connectivity index (χ3n) is 5.10. The third kappa shape index (κ3) is 8.27. The van der Waals surface area contributed by atoms with Crippen LogP contribution in [0.25, 0.3) is 0 Å². The second-order valence-corrected chi connectivity index (χ2v) is 8.48. The van der Waals surface area contributed by atoms with Crippen LogP contribution in [0.1, 0.15) is 50.8 Å². The van der Waals surface area contributed by atoms with Crippen LogP contribution in [-0.4, -0.2) is 40.7 Å². The normalized spacial score (nSPS) is 13.4. The molecule has 0 saturated heterocycles. The fraction of sp³-hybridized carbons (Fsp3) is 0.500. The van der Waals surface area contributed by atoms with E-state index >= 15 is 0 Å². The number of rotatable bonds is 9. The Hall–Kier alpha value is -1.32. The maximum Gasteiger partial charge on any atom is 0.416 e. The van der Waals surface area contributed by atoms with Crippen LogP contribution in [0.3, 0.4) is 0 Å². The summed E-state index contributed by atoms with van der Waals surface area (Å²) in [4.78, 5) is 2.26. The van der Waals surface area contributed by atoms with Crippen molar-refractivity contribution in [3.8, 4) is 5.75 Å². The van der Waals surface area contributed by atoms with E-state index in [0.717, 1.165) is 31.8 Å². The number of benzene rings is 2. The molecule has 0 aromatic heterocycles. The second-order valence-electron chi connectivity index (χ2n) is 6.96. The van der Waals surface area contributed by atoms with Crippen molar-refractivity contribution in [1.82, 2.24) is 4.90 Å². The van der Waals surface area contributed by atoms with Crippen LogP contribution >= 0.6 is 22.6 Å². The molecule has 0 aliphatic carbocycles. The molecule has 0 aliphatic rings. The Morgan fingerprint density at radius 2 is 1.26 bits per heavy atom. The molecule has 2 aromatic carbocycles. The highest BCUT2D eigenvalue weighted by Crippen LogP contribution is 2.36. The largest absolute Gasteiger partial charge is 0.492 e. The van der Waals surface area contributed by atoms with Crippen LogP contribution in [0, 0.1) is 0 Å². The molecule has 31 heavy (non-hydrogen) atoms. The molecule has 0 fully saturated rings. The van der Waals surface area contributed by atoms with Gasteiger partial charge in [-0.3, -0.25) is 0 Å². The summed E-state index contributed by atoms with van der Waals surface area (Å²) in [5, 5.41) is 11.1. The first-order valence-electron chi connectivity index (χ1n) is 10.6. The smallest absolute Gasteiger partial charge is 0.416 e. The van der Waals surface area contributed by atoms with Crippen LogP contribution in [0.2, 0.25) is 0 Å². The van der Waals surface area contributed by atoms with E-state index in [1.807, 2.05) is 0 Å². The molecule has 0 heterocycles. The summed E-state index contributed by atoms with van der Waals surface area (Å²) in [5.41, 5.74) is -1.04. The number of nitrogens with zero attached hydrogens (tertiary/aromatic N) is 1. The summed E-state index contributed by atoms with van der Waals surface area (Å²) in [6, 6.07) is 11.7. The van der Waals surface area contributed by atoms with Crippen LogP contribution < -0.4 is 4.74 Å². The molecular formula is C24H33F3INO2. The minimum atomic E-state index is -4.40. The Kier molecular flexibility index (Phi) is 11.9. The van der Waals surface area contributed by atoms with Crippen LogP contribution in [-0.2, 0) is 11.8 Å². The maximum absolute atomic E-state index is 12.8. The van der Waals surface area contributed by atoms with E-state index in [1.54, 1.807) is 31.2 Å². The molecule has 0 radical (unpaired) electrons. The van der Waals surface area contributed by atoms with E-state index in [4.69, 9.17) is 4.74 Å². The van der Waals surface area contributed by atoms with Gasteiger partial charge in [-0.05, 0) is 59.3 Å².